The summed E-state index contributed by atoms with van der Waals surface area (Å²) in [5, 5.41) is 12.1. The molecule has 1 aromatic rings. The Morgan fingerprint density at radius 3 is 3.18 bits per heavy atom. The molecule has 0 spiro atoms. The minimum atomic E-state index is -1.14. The monoisotopic (exact) mass is 155 g/mol. The van der Waals surface area contributed by atoms with Crippen molar-refractivity contribution in [1.29, 1.82) is 0 Å². The highest BCUT2D eigenvalue weighted by atomic mass is 16.3. The Balaban J connectivity index is 2.37. The largest absolute Gasteiger partial charge is 0.463 e. The Kier molecular flexibility index (Phi) is 2.65. The molecule has 0 bridgehead atoms. The lowest BCUT2D eigenvalue weighted by molar-refractivity contribution is 0.146. The van der Waals surface area contributed by atoms with E-state index >= 15 is 0 Å². The molecule has 0 radical (unpaired) electrons. The summed E-state index contributed by atoms with van der Waals surface area (Å²) in [6.07, 6.45) is 1.80. The number of nitrogens with two attached hydrogens (primary N) is 1. The van der Waals surface area contributed by atoms with E-state index in [4.69, 9.17) is 15.3 Å². The normalized spacial score (nSPS) is 13.6. The van der Waals surface area contributed by atoms with Crippen LogP contribution in [-0.2, 0) is 0 Å². The third kappa shape index (κ3) is 2.83. The molecule has 1 heterocycles. The van der Waals surface area contributed by atoms with E-state index in [9.17, 15) is 0 Å². The number of rotatable bonds is 3. The molecule has 1 rings (SSSR count). The fraction of sp³-hybridized carbons (Fsp3) is 0.167. The molecule has 0 amide bonds. The Labute approximate surface area is 63.5 Å². The summed E-state index contributed by atoms with van der Waals surface area (Å²) in [6.45, 7) is 0. The van der Waals surface area contributed by atoms with Crippen molar-refractivity contribution in [3.05, 3.63) is 24.2 Å². The number of furan rings is 1. The van der Waals surface area contributed by atoms with Crippen molar-refractivity contribution in [3.8, 4) is 0 Å². The van der Waals surface area contributed by atoms with Gasteiger partial charge in [0.15, 0.2) is 6.35 Å². The zero-order valence-corrected chi connectivity index (χ0v) is 5.77. The van der Waals surface area contributed by atoms with Crippen LogP contribution in [-0.4, -0.2) is 17.7 Å². The molecule has 0 saturated heterocycles. The summed E-state index contributed by atoms with van der Waals surface area (Å²) in [7, 11) is 0. The van der Waals surface area contributed by atoms with Crippen molar-refractivity contribution in [2.75, 3.05) is 0 Å². The van der Waals surface area contributed by atoms with Crippen LogP contribution in [0, 0.1) is 0 Å². The number of aliphatic hydroxyl groups is 1. The molecule has 11 heavy (non-hydrogen) atoms. The Morgan fingerprint density at radius 1 is 1.82 bits per heavy atom. The van der Waals surface area contributed by atoms with Crippen LogP contribution in [0.5, 0.6) is 0 Å². The summed E-state index contributed by atoms with van der Waals surface area (Å²) < 4.78 is 4.90. The Bertz CT molecular complexity index is 218. The molecule has 1 unspecified atom stereocenters. The number of aliphatic hydroxyl groups excluding tert-OH is 1. The van der Waals surface area contributed by atoms with Crippen molar-refractivity contribution >= 4 is 6.21 Å². The molecule has 5 heteroatoms. The topological polar surface area (TPSA) is 83.8 Å². The van der Waals surface area contributed by atoms with E-state index in [-0.39, 0.29) is 0 Å². The first kappa shape index (κ1) is 7.77. The van der Waals surface area contributed by atoms with Crippen LogP contribution in [0.3, 0.4) is 0 Å². The molecule has 0 saturated carbocycles. The van der Waals surface area contributed by atoms with Gasteiger partial charge in [-0.05, 0) is 12.1 Å². The zero-order valence-electron chi connectivity index (χ0n) is 5.77. The first-order chi connectivity index (χ1) is 5.29. The third-order valence-corrected chi connectivity index (χ3v) is 0.942. The molecular weight excluding hydrogens is 146 g/mol. The van der Waals surface area contributed by atoms with Gasteiger partial charge in [-0.25, -0.2) is 0 Å². The molecular formula is C6H9N3O2. The zero-order chi connectivity index (χ0) is 8.10. The van der Waals surface area contributed by atoms with Gasteiger partial charge in [-0.3, -0.25) is 11.2 Å². The number of nitrogens with one attached hydrogen (secondary N) is 1. The Morgan fingerprint density at radius 2 is 2.64 bits per heavy atom. The summed E-state index contributed by atoms with van der Waals surface area (Å²) >= 11 is 0. The van der Waals surface area contributed by atoms with Gasteiger partial charge in [0.2, 0.25) is 0 Å². The van der Waals surface area contributed by atoms with Gasteiger partial charge in [-0.1, -0.05) is 0 Å². The van der Waals surface area contributed by atoms with Gasteiger partial charge < -0.3 is 9.52 Å². The van der Waals surface area contributed by atoms with Crippen molar-refractivity contribution < 1.29 is 9.52 Å². The summed E-state index contributed by atoms with van der Waals surface area (Å²) in [5.74, 6) is 0.596. The van der Waals surface area contributed by atoms with Crippen LogP contribution < -0.4 is 11.2 Å². The second-order valence-corrected chi connectivity index (χ2v) is 1.85. The van der Waals surface area contributed by atoms with E-state index in [0.29, 0.717) is 5.76 Å². The van der Waals surface area contributed by atoms with Gasteiger partial charge in [-0.2, -0.15) is 5.10 Å². The predicted octanol–water partition coefficient (Wildman–Crippen LogP) is -0.562. The molecule has 60 valence electrons. The van der Waals surface area contributed by atoms with Crippen molar-refractivity contribution in [2.45, 2.75) is 6.35 Å². The molecule has 0 aromatic carbocycles. The second kappa shape index (κ2) is 3.75. The lowest BCUT2D eigenvalue weighted by atomic mass is 10.5. The van der Waals surface area contributed by atoms with E-state index in [2.05, 4.69) is 10.5 Å². The van der Waals surface area contributed by atoms with Crippen molar-refractivity contribution in [1.82, 2.24) is 5.43 Å². The van der Waals surface area contributed by atoms with Crippen molar-refractivity contribution in [2.24, 2.45) is 10.8 Å². The number of hydrazone groups is 1. The average molecular weight is 155 g/mol. The average Bonchev–Trinajstić information content (AvgIpc) is 2.39. The maximum absolute atomic E-state index is 8.50. The SMILES string of the molecule is NC(O)N/N=C/c1ccco1. The maximum atomic E-state index is 8.50. The standard InChI is InChI=1S/C6H9N3O2/c7-6(10)9-8-4-5-2-1-3-11-5/h1-4,6,9-10H,7H2/b8-4+. The van der Waals surface area contributed by atoms with Gasteiger partial charge in [0.05, 0.1) is 12.5 Å². The van der Waals surface area contributed by atoms with Crippen LogP contribution in [0.2, 0.25) is 0 Å². The molecule has 0 aliphatic carbocycles. The minimum absolute atomic E-state index is 0.596. The van der Waals surface area contributed by atoms with Crippen LogP contribution in [0.15, 0.2) is 27.9 Å². The van der Waals surface area contributed by atoms with Gasteiger partial charge in [0.25, 0.3) is 0 Å². The van der Waals surface area contributed by atoms with E-state index in [1.807, 2.05) is 0 Å². The number of hydrogen-bond donors (Lipinski definition) is 3. The third-order valence-electron chi connectivity index (χ3n) is 0.942. The first-order valence-electron chi connectivity index (χ1n) is 3.05. The number of hydrogen-bond acceptors (Lipinski definition) is 5. The van der Waals surface area contributed by atoms with E-state index < -0.39 is 6.35 Å². The summed E-state index contributed by atoms with van der Waals surface area (Å²) in [4.78, 5) is 0. The highest BCUT2D eigenvalue weighted by Crippen LogP contribution is 1.93. The highest BCUT2D eigenvalue weighted by molar-refractivity contribution is 5.75. The van der Waals surface area contributed by atoms with Gasteiger partial charge in [0.1, 0.15) is 5.76 Å². The summed E-state index contributed by atoms with van der Waals surface area (Å²) in [5.41, 5.74) is 7.16. The predicted molar refractivity (Wildman–Crippen MR) is 39.6 cm³/mol. The van der Waals surface area contributed by atoms with Crippen LogP contribution in [0.25, 0.3) is 0 Å². The molecule has 1 atom stereocenters. The fourth-order valence-corrected chi connectivity index (χ4v) is 0.542. The molecule has 4 N–H and O–H groups in total. The van der Waals surface area contributed by atoms with E-state index in [1.165, 1.54) is 12.5 Å². The minimum Gasteiger partial charge on any atom is -0.463 e. The molecule has 0 aliphatic heterocycles. The molecule has 1 aromatic heterocycles. The highest BCUT2D eigenvalue weighted by Gasteiger charge is 1.89. The molecule has 5 nitrogen and oxygen atoms in total. The van der Waals surface area contributed by atoms with Gasteiger partial charge in [-0.15, -0.1) is 0 Å². The quantitative estimate of drug-likeness (QED) is 0.310. The van der Waals surface area contributed by atoms with E-state index in [1.54, 1.807) is 12.1 Å². The van der Waals surface area contributed by atoms with Crippen molar-refractivity contribution in [3.63, 3.8) is 0 Å². The van der Waals surface area contributed by atoms with Gasteiger partial charge >= 0.3 is 0 Å². The molecule has 0 fully saturated rings. The van der Waals surface area contributed by atoms with E-state index in [0.717, 1.165) is 0 Å². The second-order valence-electron chi connectivity index (χ2n) is 1.85. The summed E-state index contributed by atoms with van der Waals surface area (Å²) in [6, 6.07) is 3.47. The molecule has 0 aliphatic rings. The number of nitrogens with zero attached hydrogens (tertiary/aromatic N) is 1. The van der Waals surface area contributed by atoms with Gasteiger partial charge in [0, 0.05) is 0 Å². The first-order valence-corrected chi connectivity index (χ1v) is 3.05. The van der Waals surface area contributed by atoms with Crippen LogP contribution in [0.1, 0.15) is 5.76 Å². The Hall–Kier alpha value is -1.33. The fourth-order valence-electron chi connectivity index (χ4n) is 0.542. The lowest BCUT2D eigenvalue weighted by Crippen LogP contribution is -2.32. The smallest absolute Gasteiger partial charge is 0.193 e. The van der Waals surface area contributed by atoms with Crippen LogP contribution >= 0.6 is 0 Å². The lowest BCUT2D eigenvalue weighted by Gasteiger charge is -1.99. The van der Waals surface area contributed by atoms with Crippen LogP contribution in [0.4, 0.5) is 0 Å². The maximum Gasteiger partial charge on any atom is 0.193 e.